The van der Waals surface area contributed by atoms with E-state index in [9.17, 15) is 9.59 Å². The summed E-state index contributed by atoms with van der Waals surface area (Å²) < 4.78 is 2.25. The van der Waals surface area contributed by atoms with E-state index in [0.717, 1.165) is 48.6 Å². The molecular weight excluding hydrogens is 424 g/mol. The third-order valence-corrected chi connectivity index (χ3v) is 7.51. The zero-order valence-electron chi connectivity index (χ0n) is 18.7. The Morgan fingerprint density at radius 2 is 1.88 bits per heavy atom. The van der Waals surface area contributed by atoms with Crippen molar-refractivity contribution in [1.82, 2.24) is 14.8 Å². The highest BCUT2D eigenvalue weighted by atomic mass is 32.2. The van der Waals surface area contributed by atoms with Crippen molar-refractivity contribution in [1.29, 1.82) is 0 Å². The Bertz CT molecular complexity index is 1010. The molecule has 2 aromatic rings. The number of nitrogens with one attached hydrogen (secondary N) is 1. The van der Waals surface area contributed by atoms with E-state index < -0.39 is 0 Å². The standard InChI is InChI=1S/C23H30N6O2S/c1-15-9-11-27(12-10-15)22-25-26-23(29(22)17-7-8-17)32-14-21(31)28-16(2)13-20(30)24-18-5-3-4-6-19(18)28/h3-6,15-17H,7-14H2,1-2H3,(H,24,30). The van der Waals surface area contributed by atoms with Crippen LogP contribution in [0.4, 0.5) is 17.3 Å². The summed E-state index contributed by atoms with van der Waals surface area (Å²) in [5.41, 5.74) is 1.44. The van der Waals surface area contributed by atoms with Crippen LogP contribution in [0.25, 0.3) is 0 Å². The number of benzene rings is 1. The fourth-order valence-electron chi connectivity index (χ4n) is 4.61. The number of aromatic nitrogens is 3. The minimum absolute atomic E-state index is 0.0230. The number of carbonyl (C=O) groups is 2. The number of anilines is 3. The second kappa shape index (κ2) is 8.77. The summed E-state index contributed by atoms with van der Waals surface area (Å²) >= 11 is 1.45. The van der Waals surface area contributed by atoms with E-state index in [1.54, 1.807) is 4.90 Å². The molecule has 170 valence electrons. The number of para-hydroxylation sites is 2. The molecule has 1 saturated heterocycles. The Morgan fingerprint density at radius 1 is 1.12 bits per heavy atom. The number of thioether (sulfide) groups is 1. The van der Waals surface area contributed by atoms with E-state index >= 15 is 0 Å². The monoisotopic (exact) mass is 454 g/mol. The number of rotatable bonds is 5. The highest BCUT2D eigenvalue weighted by Gasteiger charge is 2.34. The number of hydrogen-bond acceptors (Lipinski definition) is 6. The van der Waals surface area contributed by atoms with Gasteiger partial charge < -0.3 is 15.1 Å². The summed E-state index contributed by atoms with van der Waals surface area (Å²) in [5.74, 6) is 1.88. The molecule has 3 heterocycles. The van der Waals surface area contributed by atoms with Gasteiger partial charge in [-0.15, -0.1) is 10.2 Å². The molecule has 3 aliphatic rings. The van der Waals surface area contributed by atoms with Crippen molar-refractivity contribution < 1.29 is 9.59 Å². The number of fused-ring (bicyclic) bond motifs is 1. The number of amides is 2. The normalized spacial score (nSPS) is 21.8. The number of carbonyl (C=O) groups excluding carboxylic acids is 2. The van der Waals surface area contributed by atoms with Gasteiger partial charge in [-0.05, 0) is 50.7 Å². The Morgan fingerprint density at radius 3 is 2.62 bits per heavy atom. The molecule has 1 aromatic heterocycles. The van der Waals surface area contributed by atoms with Crippen LogP contribution in [-0.4, -0.2) is 51.5 Å². The van der Waals surface area contributed by atoms with Gasteiger partial charge in [-0.3, -0.25) is 14.2 Å². The maximum atomic E-state index is 13.3. The first-order valence-electron chi connectivity index (χ1n) is 11.5. The molecule has 1 N–H and O–H groups in total. The number of hydrogen-bond donors (Lipinski definition) is 1. The van der Waals surface area contributed by atoms with Gasteiger partial charge in [0, 0.05) is 31.6 Å². The van der Waals surface area contributed by atoms with E-state index in [2.05, 4.69) is 31.9 Å². The highest BCUT2D eigenvalue weighted by molar-refractivity contribution is 7.99. The van der Waals surface area contributed by atoms with Crippen LogP contribution < -0.4 is 15.1 Å². The molecule has 0 radical (unpaired) electrons. The second-order valence-electron chi connectivity index (χ2n) is 9.22. The molecule has 1 unspecified atom stereocenters. The Labute approximate surface area is 192 Å². The zero-order valence-corrected chi connectivity index (χ0v) is 19.5. The number of piperidine rings is 1. The summed E-state index contributed by atoms with van der Waals surface area (Å²) in [7, 11) is 0. The van der Waals surface area contributed by atoms with Gasteiger partial charge in [0.25, 0.3) is 0 Å². The van der Waals surface area contributed by atoms with Crippen LogP contribution >= 0.6 is 11.8 Å². The van der Waals surface area contributed by atoms with Crippen LogP contribution in [0.1, 0.15) is 52.0 Å². The lowest BCUT2D eigenvalue weighted by Crippen LogP contribution is -2.40. The third kappa shape index (κ3) is 4.22. The molecule has 0 bridgehead atoms. The smallest absolute Gasteiger partial charge is 0.237 e. The second-order valence-corrected chi connectivity index (χ2v) is 10.2. The molecule has 1 aliphatic carbocycles. The van der Waals surface area contributed by atoms with Gasteiger partial charge in [-0.1, -0.05) is 30.8 Å². The van der Waals surface area contributed by atoms with Crippen LogP contribution in [0.2, 0.25) is 0 Å². The zero-order chi connectivity index (χ0) is 22.2. The molecule has 2 aliphatic heterocycles. The van der Waals surface area contributed by atoms with Crippen molar-refractivity contribution in [3.8, 4) is 0 Å². The summed E-state index contributed by atoms with van der Waals surface area (Å²) in [5, 5.41) is 12.7. The van der Waals surface area contributed by atoms with Gasteiger partial charge in [0.15, 0.2) is 5.16 Å². The minimum Gasteiger partial charge on any atom is -0.341 e. The Hall–Kier alpha value is -2.55. The summed E-state index contributed by atoms with van der Waals surface area (Å²) in [6.07, 6.45) is 4.91. The van der Waals surface area contributed by atoms with Crippen molar-refractivity contribution >= 4 is 40.9 Å². The Kier molecular flexibility index (Phi) is 5.84. The quantitative estimate of drug-likeness (QED) is 0.694. The average molecular weight is 455 g/mol. The first-order valence-corrected chi connectivity index (χ1v) is 12.5. The molecule has 1 aromatic carbocycles. The van der Waals surface area contributed by atoms with Gasteiger partial charge in [-0.25, -0.2) is 0 Å². The van der Waals surface area contributed by atoms with E-state index in [1.807, 2.05) is 31.2 Å². The van der Waals surface area contributed by atoms with Crippen LogP contribution in [0.15, 0.2) is 29.4 Å². The molecule has 1 atom stereocenters. The summed E-state index contributed by atoms with van der Waals surface area (Å²) in [6, 6.07) is 7.73. The minimum atomic E-state index is -0.209. The molecule has 5 rings (SSSR count). The lowest BCUT2D eigenvalue weighted by atomic mass is 10.00. The SMILES string of the molecule is CC1CCN(c2nnc(SCC(=O)N3c4ccccc4NC(=O)CC3C)n2C2CC2)CC1. The van der Waals surface area contributed by atoms with E-state index in [0.29, 0.717) is 11.7 Å². The van der Waals surface area contributed by atoms with Crippen molar-refractivity contribution in [3.63, 3.8) is 0 Å². The van der Waals surface area contributed by atoms with Gasteiger partial charge in [-0.2, -0.15) is 0 Å². The van der Waals surface area contributed by atoms with E-state index in [-0.39, 0.29) is 30.0 Å². The Balaban J connectivity index is 1.34. The lowest BCUT2D eigenvalue weighted by Gasteiger charge is -2.31. The average Bonchev–Trinajstić information content (AvgIpc) is 3.54. The van der Waals surface area contributed by atoms with Gasteiger partial charge in [0.1, 0.15) is 0 Å². The van der Waals surface area contributed by atoms with Crippen molar-refractivity contribution in [2.45, 2.75) is 63.2 Å². The molecule has 9 heteroatoms. The topological polar surface area (TPSA) is 83.4 Å². The fourth-order valence-corrected chi connectivity index (χ4v) is 5.47. The maximum absolute atomic E-state index is 13.3. The van der Waals surface area contributed by atoms with Crippen molar-refractivity contribution in [2.75, 3.05) is 34.0 Å². The van der Waals surface area contributed by atoms with Crippen molar-refractivity contribution in [2.24, 2.45) is 5.92 Å². The summed E-state index contributed by atoms with van der Waals surface area (Å²) in [6.45, 7) is 6.25. The number of nitrogens with zero attached hydrogens (tertiary/aromatic N) is 5. The van der Waals surface area contributed by atoms with Gasteiger partial charge >= 0.3 is 0 Å². The van der Waals surface area contributed by atoms with Crippen LogP contribution in [-0.2, 0) is 9.59 Å². The van der Waals surface area contributed by atoms with E-state index in [4.69, 9.17) is 0 Å². The molecule has 1 saturated carbocycles. The molecule has 2 amide bonds. The van der Waals surface area contributed by atoms with Gasteiger partial charge in [0.05, 0.1) is 17.1 Å². The van der Waals surface area contributed by atoms with Crippen LogP contribution in [0.5, 0.6) is 0 Å². The predicted molar refractivity (Wildman–Crippen MR) is 126 cm³/mol. The molecule has 32 heavy (non-hydrogen) atoms. The fraction of sp³-hybridized carbons (Fsp3) is 0.565. The van der Waals surface area contributed by atoms with E-state index in [1.165, 1.54) is 24.6 Å². The van der Waals surface area contributed by atoms with Crippen LogP contribution in [0, 0.1) is 5.92 Å². The molecular formula is C23H30N6O2S. The predicted octanol–water partition coefficient (Wildman–Crippen LogP) is 3.71. The van der Waals surface area contributed by atoms with Gasteiger partial charge in [0.2, 0.25) is 17.8 Å². The first-order chi connectivity index (χ1) is 15.5. The summed E-state index contributed by atoms with van der Waals surface area (Å²) in [4.78, 5) is 29.7. The maximum Gasteiger partial charge on any atom is 0.237 e. The molecule has 2 fully saturated rings. The molecule has 8 nitrogen and oxygen atoms in total. The first kappa shape index (κ1) is 21.3. The largest absolute Gasteiger partial charge is 0.341 e. The van der Waals surface area contributed by atoms with Crippen LogP contribution in [0.3, 0.4) is 0 Å². The molecule has 0 spiro atoms. The highest BCUT2D eigenvalue weighted by Crippen LogP contribution is 2.41. The van der Waals surface area contributed by atoms with Crippen molar-refractivity contribution in [3.05, 3.63) is 24.3 Å². The third-order valence-electron chi connectivity index (χ3n) is 6.58. The lowest BCUT2D eigenvalue weighted by molar-refractivity contribution is -0.117.